The van der Waals surface area contributed by atoms with Gasteiger partial charge in [-0.2, -0.15) is 0 Å². The highest BCUT2D eigenvalue weighted by Gasteiger charge is 2.17. The molecule has 0 spiro atoms. The first-order chi connectivity index (χ1) is 11.7. The minimum atomic E-state index is 1.000. The predicted molar refractivity (Wildman–Crippen MR) is 99.5 cm³/mol. The molecule has 24 heavy (non-hydrogen) atoms. The van der Waals surface area contributed by atoms with E-state index in [0.717, 1.165) is 36.8 Å². The van der Waals surface area contributed by atoms with Crippen LogP contribution in [-0.4, -0.2) is 47.6 Å². The van der Waals surface area contributed by atoms with Crippen molar-refractivity contribution in [2.45, 2.75) is 33.1 Å². The molecule has 3 rings (SSSR count). The molecule has 1 aliphatic heterocycles. The highest BCUT2D eigenvalue weighted by molar-refractivity contribution is 5.43. The fourth-order valence-electron chi connectivity index (χ4n) is 3.38. The largest absolute Gasteiger partial charge is 0.354 e. The Bertz CT molecular complexity index is 641. The lowest BCUT2D eigenvalue weighted by molar-refractivity contribution is 0.290. The summed E-state index contributed by atoms with van der Waals surface area (Å²) in [4.78, 5) is 14.2. The lowest BCUT2D eigenvalue weighted by Gasteiger charge is -2.24. The fraction of sp³-hybridized carbons (Fsp3) is 0.500. The van der Waals surface area contributed by atoms with E-state index in [-0.39, 0.29) is 0 Å². The van der Waals surface area contributed by atoms with E-state index in [1.165, 1.54) is 37.9 Å². The smallest absolute Gasteiger partial charge is 0.150 e. The standard InChI is InChI=1S/C20H28N4/c1-17-16-21-18(2)20(22-17)24-13-7-12-23(14-15-24)11-6-10-19-8-4-3-5-9-19/h3-5,8-9,16H,6-7,10-15H2,1-2H3. The third kappa shape index (κ3) is 4.54. The van der Waals surface area contributed by atoms with Crippen LogP contribution in [0.1, 0.15) is 29.8 Å². The van der Waals surface area contributed by atoms with Crippen molar-refractivity contribution in [2.75, 3.05) is 37.6 Å². The van der Waals surface area contributed by atoms with Crippen molar-refractivity contribution in [3.8, 4) is 0 Å². The van der Waals surface area contributed by atoms with E-state index < -0.39 is 0 Å². The molecule has 0 bridgehead atoms. The van der Waals surface area contributed by atoms with Crippen molar-refractivity contribution < 1.29 is 0 Å². The van der Waals surface area contributed by atoms with E-state index >= 15 is 0 Å². The van der Waals surface area contributed by atoms with Gasteiger partial charge in [0.15, 0.2) is 0 Å². The van der Waals surface area contributed by atoms with Crippen molar-refractivity contribution in [3.63, 3.8) is 0 Å². The zero-order chi connectivity index (χ0) is 16.8. The summed E-state index contributed by atoms with van der Waals surface area (Å²) in [6.45, 7) is 9.68. The summed E-state index contributed by atoms with van der Waals surface area (Å²) in [7, 11) is 0. The van der Waals surface area contributed by atoms with Crippen molar-refractivity contribution in [1.29, 1.82) is 0 Å². The van der Waals surface area contributed by atoms with Gasteiger partial charge in [0.25, 0.3) is 0 Å². The van der Waals surface area contributed by atoms with Gasteiger partial charge in [0.2, 0.25) is 0 Å². The van der Waals surface area contributed by atoms with E-state index in [4.69, 9.17) is 4.98 Å². The lowest BCUT2D eigenvalue weighted by atomic mass is 10.1. The Kier molecular flexibility index (Phi) is 5.81. The molecule has 1 aromatic carbocycles. The third-order valence-electron chi connectivity index (χ3n) is 4.72. The Morgan fingerprint density at radius 1 is 1.00 bits per heavy atom. The van der Waals surface area contributed by atoms with Gasteiger partial charge in [-0.1, -0.05) is 30.3 Å². The number of aryl methyl sites for hydroxylation is 3. The summed E-state index contributed by atoms with van der Waals surface area (Å²) in [5.41, 5.74) is 3.48. The van der Waals surface area contributed by atoms with E-state index in [9.17, 15) is 0 Å². The molecule has 1 fully saturated rings. The van der Waals surface area contributed by atoms with Gasteiger partial charge in [-0.05, 0) is 51.8 Å². The number of anilines is 1. The second-order valence-corrected chi connectivity index (χ2v) is 6.69. The monoisotopic (exact) mass is 324 g/mol. The molecule has 0 saturated carbocycles. The van der Waals surface area contributed by atoms with Crippen LogP contribution in [0.5, 0.6) is 0 Å². The first kappa shape index (κ1) is 16.9. The molecule has 0 atom stereocenters. The highest BCUT2D eigenvalue weighted by Crippen LogP contribution is 2.17. The number of benzene rings is 1. The molecule has 1 aromatic heterocycles. The SMILES string of the molecule is Cc1cnc(C)c(N2CCCN(CCCc3ccccc3)CC2)n1. The molecule has 0 unspecified atom stereocenters. The number of aromatic nitrogens is 2. The van der Waals surface area contributed by atoms with Crippen LogP contribution < -0.4 is 4.90 Å². The van der Waals surface area contributed by atoms with Crippen molar-refractivity contribution >= 4 is 5.82 Å². The van der Waals surface area contributed by atoms with E-state index in [0.29, 0.717) is 0 Å². The van der Waals surface area contributed by atoms with Gasteiger partial charge in [-0.15, -0.1) is 0 Å². The second-order valence-electron chi connectivity index (χ2n) is 6.69. The third-order valence-corrected chi connectivity index (χ3v) is 4.72. The molecule has 1 aliphatic rings. The maximum atomic E-state index is 4.71. The number of nitrogens with zero attached hydrogens (tertiary/aromatic N) is 4. The van der Waals surface area contributed by atoms with Crippen LogP contribution in [0.4, 0.5) is 5.82 Å². The Labute approximate surface area is 145 Å². The molecule has 0 N–H and O–H groups in total. The topological polar surface area (TPSA) is 32.3 Å². The first-order valence-corrected chi connectivity index (χ1v) is 9.04. The maximum absolute atomic E-state index is 4.71. The molecular formula is C20H28N4. The fourth-order valence-corrected chi connectivity index (χ4v) is 3.38. The van der Waals surface area contributed by atoms with Gasteiger partial charge >= 0.3 is 0 Å². The number of hydrogen-bond donors (Lipinski definition) is 0. The lowest BCUT2D eigenvalue weighted by Crippen LogP contribution is -2.32. The summed E-state index contributed by atoms with van der Waals surface area (Å²) in [6.07, 6.45) is 5.45. The van der Waals surface area contributed by atoms with E-state index in [1.807, 2.05) is 13.1 Å². The highest BCUT2D eigenvalue weighted by atomic mass is 15.3. The van der Waals surface area contributed by atoms with Crippen LogP contribution in [0.25, 0.3) is 0 Å². The van der Waals surface area contributed by atoms with Crippen molar-refractivity contribution in [3.05, 3.63) is 53.5 Å². The second kappa shape index (κ2) is 8.25. The summed E-state index contributed by atoms with van der Waals surface area (Å²) >= 11 is 0. The molecule has 128 valence electrons. The Morgan fingerprint density at radius 3 is 2.67 bits per heavy atom. The van der Waals surface area contributed by atoms with Crippen LogP contribution in [-0.2, 0) is 6.42 Å². The molecule has 2 aromatic rings. The van der Waals surface area contributed by atoms with E-state index in [2.05, 4.69) is 52.0 Å². The van der Waals surface area contributed by atoms with Gasteiger partial charge in [0, 0.05) is 25.8 Å². The summed E-state index contributed by atoms with van der Waals surface area (Å²) in [6, 6.07) is 10.8. The van der Waals surface area contributed by atoms with Crippen LogP contribution in [0.3, 0.4) is 0 Å². The molecule has 0 aliphatic carbocycles. The summed E-state index contributed by atoms with van der Waals surface area (Å²) in [5, 5.41) is 0. The average Bonchev–Trinajstić information content (AvgIpc) is 2.84. The molecule has 0 radical (unpaired) electrons. The molecule has 0 amide bonds. The number of rotatable bonds is 5. The van der Waals surface area contributed by atoms with Crippen LogP contribution in [0.15, 0.2) is 36.5 Å². The first-order valence-electron chi connectivity index (χ1n) is 9.04. The van der Waals surface area contributed by atoms with Gasteiger partial charge in [0.05, 0.1) is 11.4 Å². The average molecular weight is 324 g/mol. The minimum Gasteiger partial charge on any atom is -0.354 e. The Balaban J connectivity index is 1.51. The normalized spacial score (nSPS) is 16.2. The molecular weight excluding hydrogens is 296 g/mol. The predicted octanol–water partition coefficient (Wildman–Crippen LogP) is 3.24. The molecule has 1 saturated heterocycles. The maximum Gasteiger partial charge on any atom is 0.150 e. The van der Waals surface area contributed by atoms with Crippen LogP contribution >= 0.6 is 0 Å². The number of hydrogen-bond acceptors (Lipinski definition) is 4. The van der Waals surface area contributed by atoms with Crippen molar-refractivity contribution in [1.82, 2.24) is 14.9 Å². The molecule has 2 heterocycles. The minimum absolute atomic E-state index is 1.000. The summed E-state index contributed by atoms with van der Waals surface area (Å²) in [5.74, 6) is 1.07. The summed E-state index contributed by atoms with van der Waals surface area (Å²) < 4.78 is 0. The van der Waals surface area contributed by atoms with Crippen LogP contribution in [0.2, 0.25) is 0 Å². The van der Waals surface area contributed by atoms with Gasteiger partial charge < -0.3 is 9.80 Å². The van der Waals surface area contributed by atoms with Crippen LogP contribution in [0, 0.1) is 13.8 Å². The zero-order valence-electron chi connectivity index (χ0n) is 14.9. The quantitative estimate of drug-likeness (QED) is 0.845. The zero-order valence-corrected chi connectivity index (χ0v) is 14.9. The van der Waals surface area contributed by atoms with Gasteiger partial charge in [-0.3, -0.25) is 4.98 Å². The molecule has 4 nitrogen and oxygen atoms in total. The Hall–Kier alpha value is -1.94. The van der Waals surface area contributed by atoms with Gasteiger partial charge in [-0.25, -0.2) is 4.98 Å². The van der Waals surface area contributed by atoms with Crippen molar-refractivity contribution in [2.24, 2.45) is 0 Å². The molecule has 4 heteroatoms. The van der Waals surface area contributed by atoms with Gasteiger partial charge in [0.1, 0.15) is 5.82 Å². The van der Waals surface area contributed by atoms with E-state index in [1.54, 1.807) is 0 Å². The Morgan fingerprint density at radius 2 is 1.83 bits per heavy atom.